The molecule has 4 amide bonds. The van der Waals surface area contributed by atoms with E-state index in [1.165, 1.54) is 51.7 Å². The molecule has 0 spiro atoms. The van der Waals surface area contributed by atoms with Crippen LogP contribution in [0.15, 0.2) is 58.8 Å². The molecule has 0 fully saturated rings. The number of oxime groups is 2. The van der Waals surface area contributed by atoms with Gasteiger partial charge in [0.15, 0.2) is 0 Å². The molecule has 256 valence electrons. The van der Waals surface area contributed by atoms with Crippen molar-refractivity contribution < 1.29 is 38.3 Å². The average molecular weight is 727 g/mol. The van der Waals surface area contributed by atoms with Crippen LogP contribution in [0.4, 0.5) is 19.2 Å². The van der Waals surface area contributed by atoms with Crippen molar-refractivity contribution in [3.63, 3.8) is 0 Å². The quantitative estimate of drug-likeness (QED) is 0.0785. The Morgan fingerprint density at radius 1 is 0.574 bits per heavy atom. The van der Waals surface area contributed by atoms with E-state index >= 15 is 0 Å². The average Bonchev–Trinajstić information content (AvgIpc) is 3.05. The third kappa shape index (κ3) is 12.4. The van der Waals surface area contributed by atoms with Gasteiger partial charge in [-0.3, -0.25) is 9.68 Å². The molecule has 0 unspecified atom stereocenters. The maximum atomic E-state index is 12.6. The summed E-state index contributed by atoms with van der Waals surface area (Å²) in [6.45, 7) is 7.46. The zero-order valence-electron chi connectivity index (χ0n) is 27.7. The minimum absolute atomic E-state index is 0.318. The first-order chi connectivity index (χ1) is 22.1. The van der Waals surface area contributed by atoms with Gasteiger partial charge in [0.2, 0.25) is 0 Å². The predicted octanol–water partition coefficient (Wildman–Crippen LogP) is 7.53. The van der Waals surface area contributed by atoms with Crippen LogP contribution in [0.25, 0.3) is 0 Å². The molecule has 0 aromatic heterocycles. The summed E-state index contributed by atoms with van der Waals surface area (Å²) in [6, 6.07) is 14.1. The van der Waals surface area contributed by atoms with Gasteiger partial charge in [0.25, 0.3) is 0 Å². The van der Waals surface area contributed by atoms with Crippen molar-refractivity contribution in [3.8, 4) is 11.5 Å². The first kappa shape index (κ1) is 39.4. The van der Waals surface area contributed by atoms with E-state index in [-0.39, 0.29) is 0 Å². The number of carbonyl (C=O) groups excluding carboxylic acids is 4. The summed E-state index contributed by atoms with van der Waals surface area (Å²) in [6.07, 6.45) is 0.725. The Hall–Kier alpha value is -3.74. The highest BCUT2D eigenvalue weighted by Gasteiger charge is 2.25. The fourth-order valence-electron chi connectivity index (χ4n) is 3.27. The highest BCUT2D eigenvalue weighted by atomic mass is 32.2. The highest BCUT2D eigenvalue weighted by Crippen LogP contribution is 2.34. The molecule has 0 heterocycles. The Balaban J connectivity index is 1.95. The second-order valence-corrected chi connectivity index (χ2v) is 14.4. The van der Waals surface area contributed by atoms with Crippen molar-refractivity contribution in [2.45, 2.75) is 33.1 Å². The molecule has 0 bridgehead atoms. The van der Waals surface area contributed by atoms with Crippen molar-refractivity contribution >= 4 is 82.3 Å². The Morgan fingerprint density at radius 2 is 0.872 bits per heavy atom. The van der Waals surface area contributed by atoms with Gasteiger partial charge in [0, 0.05) is 33.6 Å². The van der Waals surface area contributed by atoms with Crippen molar-refractivity contribution in [1.29, 1.82) is 0 Å². The molecule has 0 saturated carbocycles. The maximum absolute atomic E-state index is 12.6. The molecule has 0 aliphatic rings. The van der Waals surface area contributed by atoms with Crippen LogP contribution in [-0.4, -0.2) is 92.4 Å². The predicted molar refractivity (Wildman–Crippen MR) is 190 cm³/mol. The fourth-order valence-corrected chi connectivity index (χ4v) is 4.64. The number of rotatable bonds is 10. The lowest BCUT2D eigenvalue weighted by atomic mass is 9.78. The van der Waals surface area contributed by atoms with E-state index in [0.717, 1.165) is 52.6 Å². The first-order valence-corrected chi connectivity index (χ1v) is 17.5. The summed E-state index contributed by atoms with van der Waals surface area (Å²) >= 11 is 4.26. The molecule has 47 heavy (non-hydrogen) atoms. The van der Waals surface area contributed by atoms with Gasteiger partial charge in [0.1, 0.15) is 21.6 Å². The SMILES string of the molecule is CS/C(C)=N/OC(=O)N(C)SN(C)C(=O)Oc1ccc(C(C)(C)c2ccc(OC(=O)N(C)SN(C)C(=O)O/N=C(\C)SC)cc2)cc1. The Bertz CT molecular complexity index is 1350. The summed E-state index contributed by atoms with van der Waals surface area (Å²) in [5.41, 5.74) is 1.43. The smallest absolute Gasteiger partial charge is 0.410 e. The minimum atomic E-state index is -0.748. The molecule has 0 saturated heterocycles. The lowest BCUT2D eigenvalue weighted by Gasteiger charge is -2.26. The first-order valence-electron chi connectivity index (χ1n) is 13.6. The number of benzene rings is 2. The van der Waals surface area contributed by atoms with Gasteiger partial charge in [-0.25, -0.2) is 36.4 Å². The van der Waals surface area contributed by atoms with E-state index in [1.54, 1.807) is 50.6 Å². The second-order valence-electron chi connectivity index (χ2n) is 9.91. The Labute approximate surface area is 292 Å². The van der Waals surface area contributed by atoms with Crippen LogP contribution >= 0.6 is 47.8 Å². The van der Waals surface area contributed by atoms with Gasteiger partial charge in [-0.15, -0.1) is 23.5 Å². The van der Waals surface area contributed by atoms with Gasteiger partial charge >= 0.3 is 24.4 Å². The van der Waals surface area contributed by atoms with E-state index in [9.17, 15) is 19.2 Å². The van der Waals surface area contributed by atoms with Crippen LogP contribution in [-0.2, 0) is 15.1 Å². The van der Waals surface area contributed by atoms with Gasteiger partial charge in [-0.1, -0.05) is 48.4 Å². The molecule has 18 heteroatoms. The van der Waals surface area contributed by atoms with Crippen LogP contribution in [0, 0.1) is 0 Å². The molecule has 2 aromatic rings. The number of nitrogens with zero attached hydrogens (tertiary/aromatic N) is 6. The highest BCUT2D eigenvalue weighted by molar-refractivity contribution is 8.13. The molecule has 2 rings (SSSR count). The number of amides is 4. The summed E-state index contributed by atoms with van der Waals surface area (Å²) in [5, 5.41) is 8.51. The summed E-state index contributed by atoms with van der Waals surface area (Å²) in [7, 11) is 5.80. The summed E-state index contributed by atoms with van der Waals surface area (Å²) in [5.74, 6) is 0.636. The van der Waals surface area contributed by atoms with Crippen LogP contribution in [0.3, 0.4) is 0 Å². The summed E-state index contributed by atoms with van der Waals surface area (Å²) in [4.78, 5) is 58.9. The zero-order valence-corrected chi connectivity index (χ0v) is 31.0. The molecule has 0 atom stereocenters. The van der Waals surface area contributed by atoms with E-state index < -0.39 is 29.8 Å². The normalized spacial score (nSPS) is 11.7. The zero-order chi connectivity index (χ0) is 35.3. The minimum Gasteiger partial charge on any atom is -0.410 e. The molecular formula is C29H38N6O8S4. The molecule has 0 aliphatic carbocycles. The third-order valence-electron chi connectivity index (χ3n) is 6.18. The van der Waals surface area contributed by atoms with Crippen molar-refractivity contribution in [3.05, 3.63) is 59.7 Å². The Morgan fingerprint density at radius 3 is 1.17 bits per heavy atom. The number of ether oxygens (including phenoxy) is 2. The number of carbonyl (C=O) groups is 4. The Kier molecular flexibility index (Phi) is 15.6. The van der Waals surface area contributed by atoms with Crippen molar-refractivity contribution in [2.24, 2.45) is 10.3 Å². The van der Waals surface area contributed by atoms with Crippen LogP contribution < -0.4 is 9.47 Å². The maximum Gasteiger partial charge on any atom is 0.447 e. The number of thioether (sulfide) groups is 2. The fraction of sp³-hybridized carbons (Fsp3) is 0.379. The van der Waals surface area contributed by atoms with Gasteiger partial charge in [-0.05, 0) is 61.8 Å². The van der Waals surface area contributed by atoms with E-state index in [2.05, 4.69) is 10.3 Å². The van der Waals surface area contributed by atoms with E-state index in [0.29, 0.717) is 21.6 Å². The van der Waals surface area contributed by atoms with Crippen molar-refractivity contribution in [1.82, 2.24) is 17.2 Å². The second kappa shape index (κ2) is 18.6. The molecule has 0 aliphatic heterocycles. The van der Waals surface area contributed by atoms with Gasteiger partial charge in [0.05, 0.1) is 24.3 Å². The molecule has 2 aromatic carbocycles. The monoisotopic (exact) mass is 726 g/mol. The molecule has 0 radical (unpaired) electrons. The molecule has 14 nitrogen and oxygen atoms in total. The van der Waals surface area contributed by atoms with Gasteiger partial charge in [-0.2, -0.15) is 0 Å². The lowest BCUT2D eigenvalue weighted by molar-refractivity contribution is 0.135. The molecule has 0 N–H and O–H groups in total. The van der Waals surface area contributed by atoms with Crippen LogP contribution in [0.2, 0.25) is 0 Å². The largest absolute Gasteiger partial charge is 0.447 e. The third-order valence-corrected chi connectivity index (χ3v) is 9.08. The van der Waals surface area contributed by atoms with Gasteiger partial charge < -0.3 is 9.47 Å². The van der Waals surface area contributed by atoms with Crippen molar-refractivity contribution in [2.75, 3.05) is 40.7 Å². The standard InChI is InChI=1S/C29H38N6O8S4/c1-19(44-9)30-42-27(38)34(7)46-32(5)25(36)40-23-15-11-21(12-16-23)29(3,4)22-13-17-24(18-14-22)41-26(37)33(6)47-35(8)28(39)43-31-20(2)45-10/h11-18H,1-10H3/b30-19+,31-20+. The summed E-state index contributed by atoms with van der Waals surface area (Å²) < 4.78 is 15.4. The number of hydrogen-bond acceptors (Lipinski definition) is 14. The van der Waals surface area contributed by atoms with E-state index in [1.807, 2.05) is 38.1 Å². The molecular weight excluding hydrogens is 689 g/mol. The van der Waals surface area contributed by atoms with Crippen LogP contribution in [0.5, 0.6) is 11.5 Å². The van der Waals surface area contributed by atoms with E-state index in [4.69, 9.17) is 19.1 Å². The number of hydrogen-bond donors (Lipinski definition) is 0. The van der Waals surface area contributed by atoms with Crippen LogP contribution in [0.1, 0.15) is 38.8 Å². The topological polar surface area (TPSA) is 143 Å². The lowest BCUT2D eigenvalue weighted by Crippen LogP contribution is -2.30.